The largest absolute Gasteiger partial charge is 0.489 e. The molecule has 0 aliphatic rings. The van der Waals surface area contributed by atoms with E-state index in [0.29, 0.717) is 16.9 Å². The van der Waals surface area contributed by atoms with Crippen LogP contribution in [0.2, 0.25) is 18.1 Å². The molecule has 0 fully saturated rings. The van der Waals surface area contributed by atoms with Gasteiger partial charge in [-0.25, -0.2) is 0 Å². The van der Waals surface area contributed by atoms with Crippen LogP contribution in [0.3, 0.4) is 0 Å². The Morgan fingerprint density at radius 2 is 1.67 bits per heavy atom. The molecule has 1 rings (SSSR count). The molecule has 0 unspecified atom stereocenters. The van der Waals surface area contributed by atoms with Crippen LogP contribution in [0.4, 0.5) is 0 Å². The van der Waals surface area contributed by atoms with Gasteiger partial charge in [0.1, 0.15) is 0 Å². The number of rotatable bonds is 6. The second-order valence-electron chi connectivity index (χ2n) is 5.98. The maximum atomic E-state index is 9.65. The lowest BCUT2D eigenvalue weighted by Crippen LogP contribution is -2.52. The summed E-state index contributed by atoms with van der Waals surface area (Å²) in [6.45, 7) is 10.9. The zero-order valence-corrected chi connectivity index (χ0v) is 14.8. The minimum atomic E-state index is -1.79. The molecule has 1 aromatic carbocycles. The summed E-state index contributed by atoms with van der Waals surface area (Å²) in [6, 6.07) is 9.15. The van der Waals surface area contributed by atoms with Crippen molar-refractivity contribution in [3.63, 3.8) is 0 Å². The van der Waals surface area contributed by atoms with E-state index in [1.807, 2.05) is 6.07 Å². The van der Waals surface area contributed by atoms with Crippen molar-refractivity contribution in [1.82, 2.24) is 0 Å². The highest BCUT2D eigenvalue weighted by Crippen LogP contribution is 2.26. The molecule has 0 saturated carbocycles. The van der Waals surface area contributed by atoms with Crippen LogP contribution in [0, 0.1) is 11.3 Å². The summed E-state index contributed by atoms with van der Waals surface area (Å²) < 4.78 is 0. The minimum Gasteiger partial charge on any atom is -0.423 e. The first-order chi connectivity index (χ1) is 9.88. The first kappa shape index (κ1) is 18.0. The zero-order valence-electron chi connectivity index (χ0n) is 13.8. The Morgan fingerprint density at radius 3 is 2.00 bits per heavy atom. The van der Waals surface area contributed by atoms with Crippen LogP contribution < -0.4 is 10.6 Å². The van der Waals surface area contributed by atoms with Gasteiger partial charge in [0.05, 0.1) is 19.7 Å². The van der Waals surface area contributed by atoms with Gasteiger partial charge in [-0.3, -0.25) is 0 Å². The van der Waals surface area contributed by atoms with Crippen LogP contribution >= 0.6 is 0 Å². The molecular weight excluding hydrogens is 277 g/mol. The maximum Gasteiger partial charge on any atom is 0.489 e. The van der Waals surface area contributed by atoms with E-state index in [0.717, 1.165) is 23.3 Å². The van der Waals surface area contributed by atoms with Gasteiger partial charge in [0.25, 0.3) is 0 Å². The Morgan fingerprint density at radius 1 is 1.14 bits per heavy atom. The van der Waals surface area contributed by atoms with Gasteiger partial charge < -0.3 is 10.0 Å². The normalized spacial score (nSPS) is 11.6. The first-order valence-electron chi connectivity index (χ1n) is 7.81. The summed E-state index contributed by atoms with van der Waals surface area (Å²) in [5.41, 5.74) is 2.06. The number of benzene rings is 1. The highest BCUT2D eigenvalue weighted by atomic mass is 28.3. The minimum absolute atomic E-state index is 0.327. The smallest absolute Gasteiger partial charge is 0.423 e. The number of nitriles is 1. The third-order valence-corrected chi connectivity index (χ3v) is 10.5. The van der Waals surface area contributed by atoms with Crippen LogP contribution in [0.25, 0.3) is 0 Å². The average Bonchev–Trinajstić information content (AvgIpc) is 2.48. The van der Waals surface area contributed by atoms with Crippen molar-refractivity contribution in [2.24, 2.45) is 0 Å². The summed E-state index contributed by atoms with van der Waals surface area (Å²) in [7, 11) is -3.37. The lowest BCUT2D eigenvalue weighted by atomic mass is 9.76. The standard InChI is InChI=1S/C16H26BNO2Si/c1-6-21(7-2,8-3)16-13(12(4)5)9-10-15(17(19)20)14(16)11-18/h9-10,12,19-20H,6-8H2,1-5H3. The van der Waals surface area contributed by atoms with Crippen molar-refractivity contribution < 1.29 is 10.0 Å². The van der Waals surface area contributed by atoms with Gasteiger partial charge in [-0.2, -0.15) is 5.26 Å². The van der Waals surface area contributed by atoms with Crippen LogP contribution in [0.15, 0.2) is 12.1 Å². The van der Waals surface area contributed by atoms with Crippen LogP contribution in [0.5, 0.6) is 0 Å². The molecule has 0 atom stereocenters. The van der Waals surface area contributed by atoms with E-state index in [9.17, 15) is 15.3 Å². The van der Waals surface area contributed by atoms with Gasteiger partial charge in [0.15, 0.2) is 0 Å². The summed E-state index contributed by atoms with van der Waals surface area (Å²) >= 11 is 0. The fourth-order valence-electron chi connectivity index (χ4n) is 3.30. The molecule has 0 heterocycles. The fraction of sp³-hybridized carbons (Fsp3) is 0.562. The van der Waals surface area contributed by atoms with E-state index in [4.69, 9.17) is 0 Å². The molecule has 0 aromatic heterocycles. The van der Waals surface area contributed by atoms with Crippen LogP contribution in [-0.4, -0.2) is 25.2 Å². The fourth-order valence-corrected chi connectivity index (χ4v) is 7.58. The highest BCUT2D eigenvalue weighted by Gasteiger charge is 2.36. The van der Waals surface area contributed by atoms with Crippen molar-refractivity contribution in [3.8, 4) is 6.07 Å². The van der Waals surface area contributed by atoms with Crippen LogP contribution in [0.1, 0.15) is 51.7 Å². The van der Waals surface area contributed by atoms with Crippen molar-refractivity contribution in [1.29, 1.82) is 5.26 Å². The Labute approximate surface area is 129 Å². The molecule has 5 heteroatoms. The molecule has 114 valence electrons. The molecule has 1 aromatic rings. The molecule has 0 saturated heterocycles. The third-order valence-electron chi connectivity index (χ3n) is 4.84. The zero-order chi connectivity index (χ0) is 16.2. The van der Waals surface area contributed by atoms with Crippen molar-refractivity contribution in [2.75, 3.05) is 0 Å². The quantitative estimate of drug-likeness (QED) is 0.791. The molecular formula is C16H26BNO2Si. The summed E-state index contributed by atoms with van der Waals surface area (Å²) in [4.78, 5) is 0. The van der Waals surface area contributed by atoms with Crippen LogP contribution in [-0.2, 0) is 0 Å². The van der Waals surface area contributed by atoms with E-state index in [1.54, 1.807) is 6.07 Å². The topological polar surface area (TPSA) is 64.2 Å². The molecule has 3 nitrogen and oxygen atoms in total. The maximum absolute atomic E-state index is 9.65. The lowest BCUT2D eigenvalue weighted by Gasteiger charge is -2.33. The predicted molar refractivity (Wildman–Crippen MR) is 91.9 cm³/mol. The molecule has 0 aliphatic carbocycles. The Kier molecular flexibility index (Phi) is 6.21. The van der Waals surface area contributed by atoms with Gasteiger partial charge in [-0.15, -0.1) is 0 Å². The molecule has 21 heavy (non-hydrogen) atoms. The first-order valence-corrected chi connectivity index (χ1v) is 10.4. The average molecular weight is 303 g/mol. The monoisotopic (exact) mass is 303 g/mol. The molecule has 0 bridgehead atoms. The predicted octanol–water partition coefficient (Wildman–Crippen LogP) is 2.08. The Bertz CT molecular complexity index is 526. The van der Waals surface area contributed by atoms with E-state index >= 15 is 0 Å². The SMILES string of the molecule is CC[Si](CC)(CC)c1c(C(C)C)ccc(B(O)O)c1C#N. The van der Waals surface area contributed by atoms with Gasteiger partial charge in [0.2, 0.25) is 0 Å². The molecule has 0 spiro atoms. The summed E-state index contributed by atoms with van der Waals surface area (Å²) in [5, 5.41) is 30.0. The molecule has 0 amide bonds. The number of hydrogen-bond acceptors (Lipinski definition) is 3. The summed E-state index contributed by atoms with van der Waals surface area (Å²) in [6.07, 6.45) is 0. The Hall–Kier alpha value is -1.09. The van der Waals surface area contributed by atoms with Crippen molar-refractivity contribution in [3.05, 3.63) is 23.3 Å². The highest BCUT2D eigenvalue weighted by molar-refractivity contribution is 6.92. The van der Waals surface area contributed by atoms with Gasteiger partial charge in [-0.05, 0) is 22.1 Å². The number of nitrogens with zero attached hydrogens (tertiary/aromatic N) is 1. The van der Waals surface area contributed by atoms with E-state index in [1.165, 1.54) is 5.56 Å². The van der Waals surface area contributed by atoms with E-state index in [2.05, 4.69) is 40.7 Å². The van der Waals surface area contributed by atoms with Crippen molar-refractivity contribution in [2.45, 2.75) is 58.7 Å². The molecule has 0 aliphatic heterocycles. The lowest BCUT2D eigenvalue weighted by molar-refractivity contribution is 0.425. The van der Waals surface area contributed by atoms with E-state index in [-0.39, 0.29) is 0 Å². The second kappa shape index (κ2) is 7.26. The van der Waals surface area contributed by atoms with Gasteiger partial charge >= 0.3 is 7.12 Å². The van der Waals surface area contributed by atoms with Crippen molar-refractivity contribution >= 4 is 25.8 Å². The molecule has 0 radical (unpaired) electrons. The number of hydrogen-bond donors (Lipinski definition) is 2. The van der Waals surface area contributed by atoms with Gasteiger partial charge in [-0.1, -0.05) is 64.9 Å². The Balaban J connectivity index is 3.81. The third kappa shape index (κ3) is 3.23. The van der Waals surface area contributed by atoms with E-state index < -0.39 is 15.2 Å². The second-order valence-corrected chi connectivity index (χ2v) is 11.2. The van der Waals surface area contributed by atoms with Gasteiger partial charge in [0, 0.05) is 0 Å². The molecule has 2 N–H and O–H groups in total. The summed E-state index contributed by atoms with van der Waals surface area (Å²) in [5.74, 6) is 0.327.